The van der Waals surface area contributed by atoms with E-state index in [0.29, 0.717) is 39.9 Å². The third kappa shape index (κ3) is 5.59. The van der Waals surface area contributed by atoms with Crippen LogP contribution in [0.3, 0.4) is 0 Å². The lowest BCUT2D eigenvalue weighted by Gasteiger charge is -2.21. The smallest absolute Gasteiger partial charge is 0.274 e. The highest BCUT2D eigenvalue weighted by Gasteiger charge is 2.24. The zero-order valence-electron chi connectivity index (χ0n) is 20.5. The summed E-state index contributed by atoms with van der Waals surface area (Å²) >= 11 is 0. The number of anilines is 1. The van der Waals surface area contributed by atoms with Gasteiger partial charge in [-0.1, -0.05) is 36.4 Å². The van der Waals surface area contributed by atoms with Crippen molar-refractivity contribution >= 4 is 17.3 Å². The number of carbonyl (C=O) groups is 1. The number of hydrogen-bond acceptors (Lipinski definition) is 4. The van der Waals surface area contributed by atoms with E-state index in [0.717, 1.165) is 17.7 Å². The second-order valence-corrected chi connectivity index (χ2v) is 9.32. The molecule has 1 fully saturated rings. The van der Waals surface area contributed by atoms with Gasteiger partial charge in [0.15, 0.2) is 5.69 Å². The molecule has 1 atom stereocenters. The lowest BCUT2D eigenvalue weighted by atomic mass is 9.96. The van der Waals surface area contributed by atoms with E-state index in [-0.39, 0.29) is 11.9 Å². The maximum absolute atomic E-state index is 13.3. The molecule has 37 heavy (non-hydrogen) atoms. The molecule has 7 heteroatoms. The molecule has 1 saturated carbocycles. The molecule has 1 unspecified atom stereocenters. The van der Waals surface area contributed by atoms with Crippen LogP contribution in [0.25, 0.3) is 10.5 Å². The van der Waals surface area contributed by atoms with Gasteiger partial charge in [-0.25, -0.2) is 9.53 Å². The molecule has 3 aromatic carbocycles. The van der Waals surface area contributed by atoms with Crippen molar-refractivity contribution in [2.45, 2.75) is 25.8 Å². The molecule has 1 aliphatic rings. The Morgan fingerprint density at radius 1 is 1.11 bits per heavy atom. The third-order valence-electron chi connectivity index (χ3n) is 6.40. The number of carbonyl (C=O) groups excluding carboxylic acids is 1. The van der Waals surface area contributed by atoms with Crippen molar-refractivity contribution in [3.63, 3.8) is 0 Å². The maximum atomic E-state index is 13.3. The van der Waals surface area contributed by atoms with E-state index >= 15 is 0 Å². The summed E-state index contributed by atoms with van der Waals surface area (Å²) in [6, 6.07) is 26.3. The summed E-state index contributed by atoms with van der Waals surface area (Å²) in [6.07, 6.45) is 2.47. The summed E-state index contributed by atoms with van der Waals surface area (Å²) in [5, 5.41) is 20.6. The Bertz CT molecular complexity index is 1540. The Kier molecular flexibility index (Phi) is 6.81. The normalized spacial score (nSPS) is 13.4. The number of aryl methyl sites for hydroxylation is 1. The first-order valence-corrected chi connectivity index (χ1v) is 12.2. The summed E-state index contributed by atoms with van der Waals surface area (Å²) in [4.78, 5) is 16.8. The number of aromatic nitrogens is 2. The van der Waals surface area contributed by atoms with Gasteiger partial charge < -0.3 is 10.6 Å². The largest absolute Gasteiger partial charge is 0.321 e. The highest BCUT2D eigenvalue weighted by molar-refractivity contribution is 6.03. The van der Waals surface area contributed by atoms with Gasteiger partial charge in [0.05, 0.1) is 35.6 Å². The minimum Gasteiger partial charge on any atom is -0.321 e. The fraction of sp³-hybridized carbons (Fsp3) is 0.200. The topological polar surface area (TPSA) is 87.1 Å². The van der Waals surface area contributed by atoms with Crippen LogP contribution >= 0.6 is 0 Å². The highest BCUT2D eigenvalue weighted by atomic mass is 16.2. The van der Waals surface area contributed by atoms with Crippen molar-refractivity contribution in [2.75, 3.05) is 11.9 Å². The van der Waals surface area contributed by atoms with Crippen LogP contribution in [0.2, 0.25) is 0 Å². The number of nitrogens with zero attached hydrogens (tertiary/aromatic N) is 4. The summed E-state index contributed by atoms with van der Waals surface area (Å²) in [7, 11) is 0. The molecule has 1 aromatic heterocycles. The van der Waals surface area contributed by atoms with Gasteiger partial charge in [-0.15, -0.1) is 0 Å². The predicted octanol–water partition coefficient (Wildman–Crippen LogP) is 5.94. The van der Waals surface area contributed by atoms with Crippen LogP contribution in [-0.4, -0.2) is 22.2 Å². The molecule has 1 aliphatic carbocycles. The maximum Gasteiger partial charge on any atom is 0.274 e. The van der Waals surface area contributed by atoms with Crippen LogP contribution in [0.1, 0.15) is 51.8 Å². The van der Waals surface area contributed by atoms with Crippen LogP contribution in [0.5, 0.6) is 0 Å². The molecule has 0 aliphatic heterocycles. The number of rotatable bonds is 8. The summed E-state index contributed by atoms with van der Waals surface area (Å²) < 4.78 is 1.57. The quantitative estimate of drug-likeness (QED) is 0.302. The van der Waals surface area contributed by atoms with Gasteiger partial charge >= 0.3 is 0 Å². The lowest BCUT2D eigenvalue weighted by Crippen LogP contribution is -2.25. The van der Waals surface area contributed by atoms with E-state index in [4.69, 9.17) is 6.57 Å². The molecule has 0 spiro atoms. The minimum atomic E-state index is -0.292. The zero-order chi connectivity index (χ0) is 25.8. The first kappa shape index (κ1) is 24.0. The second-order valence-electron chi connectivity index (χ2n) is 9.32. The third-order valence-corrected chi connectivity index (χ3v) is 6.40. The van der Waals surface area contributed by atoms with E-state index in [1.165, 1.54) is 12.8 Å². The standard InChI is InChI=1S/C30H26N6O/c1-20-14-28(36(35-20)27-11-5-9-25(17-27)32-2)30(37)34-26-10-4-8-24(16-26)29(33-19-21-12-13-21)23-7-3-6-22(15-23)18-31/h3-11,14-17,21,29,33H,12-13,19H2,1H3,(H,34,37). The van der Waals surface area contributed by atoms with Crippen LogP contribution in [-0.2, 0) is 0 Å². The molecule has 2 N–H and O–H groups in total. The molecule has 5 rings (SSSR count). The first-order valence-electron chi connectivity index (χ1n) is 12.2. The molecule has 4 aromatic rings. The molecular formula is C30H26N6O. The second kappa shape index (κ2) is 10.5. The fourth-order valence-corrected chi connectivity index (χ4v) is 4.37. The van der Waals surface area contributed by atoms with Crippen LogP contribution in [0.4, 0.5) is 11.4 Å². The molecule has 0 radical (unpaired) electrons. The van der Waals surface area contributed by atoms with Crippen LogP contribution in [0.15, 0.2) is 78.9 Å². The van der Waals surface area contributed by atoms with Crippen molar-refractivity contribution in [3.05, 3.63) is 118 Å². The van der Waals surface area contributed by atoms with E-state index in [9.17, 15) is 10.1 Å². The first-order chi connectivity index (χ1) is 18.0. The number of benzene rings is 3. The molecule has 1 amide bonds. The van der Waals surface area contributed by atoms with Crippen molar-refractivity contribution in [2.24, 2.45) is 5.92 Å². The van der Waals surface area contributed by atoms with E-state index < -0.39 is 0 Å². The number of nitriles is 1. The molecule has 1 heterocycles. The number of nitrogens with one attached hydrogen (secondary N) is 2. The van der Waals surface area contributed by atoms with Gasteiger partial charge in [0.25, 0.3) is 5.91 Å². The molecule has 182 valence electrons. The van der Waals surface area contributed by atoms with Crippen LogP contribution in [0, 0.1) is 30.7 Å². The Labute approximate surface area is 216 Å². The Balaban J connectivity index is 1.42. The Hall–Kier alpha value is -4.72. The number of amides is 1. The highest BCUT2D eigenvalue weighted by Crippen LogP contribution is 2.31. The van der Waals surface area contributed by atoms with Gasteiger partial charge in [-0.2, -0.15) is 10.4 Å². The van der Waals surface area contributed by atoms with Gasteiger partial charge in [0, 0.05) is 5.69 Å². The molecule has 0 bridgehead atoms. The molecule has 7 nitrogen and oxygen atoms in total. The molecule has 0 saturated heterocycles. The van der Waals surface area contributed by atoms with Gasteiger partial charge in [-0.05, 0) is 85.8 Å². The fourth-order valence-electron chi connectivity index (χ4n) is 4.37. The minimum absolute atomic E-state index is 0.102. The van der Waals surface area contributed by atoms with E-state index in [2.05, 4.69) is 26.6 Å². The monoisotopic (exact) mass is 486 g/mol. The van der Waals surface area contributed by atoms with Crippen molar-refractivity contribution in [1.82, 2.24) is 15.1 Å². The van der Waals surface area contributed by atoms with Crippen LogP contribution < -0.4 is 10.6 Å². The van der Waals surface area contributed by atoms with E-state index in [1.54, 1.807) is 35.0 Å². The Morgan fingerprint density at radius 2 is 1.86 bits per heavy atom. The Morgan fingerprint density at radius 3 is 2.62 bits per heavy atom. The van der Waals surface area contributed by atoms with Crippen molar-refractivity contribution in [1.29, 1.82) is 5.26 Å². The average Bonchev–Trinajstić information content (AvgIpc) is 3.67. The van der Waals surface area contributed by atoms with Gasteiger partial charge in [0.2, 0.25) is 0 Å². The summed E-state index contributed by atoms with van der Waals surface area (Å²) in [5.41, 5.74) is 5.52. The lowest BCUT2D eigenvalue weighted by molar-refractivity contribution is 0.101. The molecular weight excluding hydrogens is 460 g/mol. The van der Waals surface area contributed by atoms with Crippen molar-refractivity contribution in [3.8, 4) is 11.8 Å². The van der Waals surface area contributed by atoms with E-state index in [1.807, 2.05) is 55.5 Å². The number of hydrogen-bond donors (Lipinski definition) is 2. The summed E-state index contributed by atoms with van der Waals surface area (Å²) in [5.74, 6) is 0.398. The SMILES string of the molecule is [C-]#[N+]c1cccc(-n2nc(C)cc2C(=O)Nc2cccc(C(NCC3CC3)c3cccc(C#N)c3)c2)c1. The van der Waals surface area contributed by atoms with Crippen molar-refractivity contribution < 1.29 is 4.79 Å². The average molecular weight is 487 g/mol. The summed E-state index contributed by atoms with van der Waals surface area (Å²) in [6.45, 7) is 10.0. The van der Waals surface area contributed by atoms with Gasteiger partial charge in [-0.3, -0.25) is 4.79 Å². The predicted molar refractivity (Wildman–Crippen MR) is 143 cm³/mol. The van der Waals surface area contributed by atoms with Gasteiger partial charge in [0.1, 0.15) is 5.69 Å². The zero-order valence-corrected chi connectivity index (χ0v) is 20.5.